The van der Waals surface area contributed by atoms with E-state index >= 15 is 0 Å². The zero-order valence-electron chi connectivity index (χ0n) is 18.3. The van der Waals surface area contributed by atoms with Crippen molar-refractivity contribution in [2.45, 2.75) is 18.8 Å². The molecule has 2 aromatic heterocycles. The van der Waals surface area contributed by atoms with E-state index in [1.54, 1.807) is 38.4 Å². The lowest BCUT2D eigenvalue weighted by molar-refractivity contribution is 0.0806. The van der Waals surface area contributed by atoms with Crippen molar-refractivity contribution in [1.29, 1.82) is 0 Å². The molecule has 1 saturated heterocycles. The van der Waals surface area contributed by atoms with Crippen LogP contribution < -0.4 is 14.2 Å². The number of aromatic amines is 2. The summed E-state index contributed by atoms with van der Waals surface area (Å²) in [6, 6.07) is 5.65. The Kier molecular flexibility index (Phi) is 3.68. The standard InChI is InChI=1S/C24H23N3O5/c1-11-5-14-20(25-11)16(28)8-18-24(14)9-13(24)10-27(18)23(29)15-6-12-7-17(30-2)21(31-3)22(32-4)19(12)26-15/h5-8,13,25-26H,9-10H2,1-4H3/t13-,24-/m1/s1. The van der Waals surface area contributed by atoms with Crippen molar-refractivity contribution in [2.75, 3.05) is 27.9 Å². The Hall–Kier alpha value is -3.68. The van der Waals surface area contributed by atoms with Crippen LogP contribution in [-0.2, 0) is 5.41 Å². The molecular weight excluding hydrogens is 410 g/mol. The summed E-state index contributed by atoms with van der Waals surface area (Å²) < 4.78 is 16.4. The van der Waals surface area contributed by atoms with Crippen molar-refractivity contribution < 1.29 is 23.8 Å². The van der Waals surface area contributed by atoms with Crippen molar-refractivity contribution in [2.24, 2.45) is 5.92 Å². The van der Waals surface area contributed by atoms with Crippen LogP contribution in [0.1, 0.15) is 38.7 Å². The molecule has 1 aliphatic heterocycles. The highest BCUT2D eigenvalue weighted by Crippen LogP contribution is 2.66. The van der Waals surface area contributed by atoms with Gasteiger partial charge < -0.3 is 29.1 Å². The zero-order valence-corrected chi connectivity index (χ0v) is 18.3. The van der Waals surface area contributed by atoms with Gasteiger partial charge in [-0.25, -0.2) is 0 Å². The summed E-state index contributed by atoms with van der Waals surface area (Å²) in [6.07, 6.45) is 2.60. The normalized spacial score (nSPS) is 22.9. The second-order valence-corrected chi connectivity index (χ2v) is 8.72. The highest BCUT2D eigenvalue weighted by molar-refractivity contribution is 6.09. The Morgan fingerprint density at radius 3 is 2.59 bits per heavy atom. The van der Waals surface area contributed by atoms with Crippen molar-refractivity contribution in [1.82, 2.24) is 14.9 Å². The van der Waals surface area contributed by atoms with Crippen LogP contribution in [0.25, 0.3) is 10.9 Å². The average Bonchev–Trinajstić information content (AvgIpc) is 3.09. The first-order valence-corrected chi connectivity index (χ1v) is 10.5. The second-order valence-electron chi connectivity index (χ2n) is 8.72. The third-order valence-electron chi connectivity index (χ3n) is 7.10. The number of amides is 1. The lowest BCUT2D eigenvalue weighted by Crippen LogP contribution is -2.33. The molecule has 1 spiro atoms. The van der Waals surface area contributed by atoms with E-state index in [1.165, 1.54) is 0 Å². The SMILES string of the molecule is COc1cc2cc(C(=O)N3C[C@H]4C[C@@]45C3=CC(=O)c3[nH]c(C)cc35)[nH]c2c(OC)c1OC. The molecule has 0 radical (unpaired) electrons. The lowest BCUT2D eigenvalue weighted by atomic mass is 9.85. The number of methoxy groups -OCH3 is 3. The Morgan fingerprint density at radius 1 is 1.09 bits per heavy atom. The largest absolute Gasteiger partial charge is 0.493 e. The van der Waals surface area contributed by atoms with Crippen molar-refractivity contribution >= 4 is 22.6 Å². The van der Waals surface area contributed by atoms with E-state index in [4.69, 9.17) is 14.2 Å². The summed E-state index contributed by atoms with van der Waals surface area (Å²) >= 11 is 0. The molecule has 6 rings (SSSR count). The number of allylic oxidation sites excluding steroid dienone is 2. The van der Waals surface area contributed by atoms with Crippen LogP contribution in [0.3, 0.4) is 0 Å². The monoisotopic (exact) mass is 433 g/mol. The first-order chi connectivity index (χ1) is 15.4. The van der Waals surface area contributed by atoms with Gasteiger partial charge >= 0.3 is 0 Å². The molecule has 8 nitrogen and oxygen atoms in total. The van der Waals surface area contributed by atoms with Gasteiger partial charge in [-0.05, 0) is 43.0 Å². The van der Waals surface area contributed by atoms with Gasteiger partial charge in [0.1, 0.15) is 5.69 Å². The number of fused-ring (bicyclic) bond motifs is 2. The summed E-state index contributed by atoms with van der Waals surface area (Å²) in [5.74, 6) is 1.54. The Balaban J connectivity index is 1.42. The molecule has 8 heteroatoms. The Morgan fingerprint density at radius 2 is 1.88 bits per heavy atom. The Labute approximate surface area is 184 Å². The highest BCUT2D eigenvalue weighted by Gasteiger charge is 2.67. The number of aromatic nitrogens is 2. The van der Waals surface area contributed by atoms with Crippen molar-refractivity contribution in [3.63, 3.8) is 0 Å². The molecule has 2 aliphatic carbocycles. The number of carbonyl (C=O) groups is 2. The fraction of sp³-hybridized carbons (Fsp3) is 0.333. The molecule has 3 aliphatic rings. The van der Waals surface area contributed by atoms with Gasteiger partial charge in [-0.2, -0.15) is 0 Å². The number of benzene rings is 1. The molecule has 3 heterocycles. The van der Waals surface area contributed by atoms with Gasteiger partial charge in [-0.1, -0.05) is 0 Å². The molecule has 1 aromatic carbocycles. The average molecular weight is 433 g/mol. The predicted octanol–water partition coefficient (Wildman–Crippen LogP) is 3.32. The maximum Gasteiger partial charge on any atom is 0.274 e. The first kappa shape index (κ1) is 19.0. The summed E-state index contributed by atoms with van der Waals surface area (Å²) in [7, 11) is 4.65. The number of H-pyrrole nitrogens is 2. The summed E-state index contributed by atoms with van der Waals surface area (Å²) in [5, 5.41) is 0.777. The van der Waals surface area contributed by atoms with Crippen LogP contribution in [0, 0.1) is 12.8 Å². The minimum Gasteiger partial charge on any atom is -0.493 e. The molecule has 1 saturated carbocycles. The van der Waals surface area contributed by atoms with Crippen LogP contribution in [0.15, 0.2) is 30.0 Å². The van der Waals surface area contributed by atoms with Crippen LogP contribution >= 0.6 is 0 Å². The molecule has 2 N–H and O–H groups in total. The topological polar surface area (TPSA) is 96.7 Å². The summed E-state index contributed by atoms with van der Waals surface area (Å²) in [6.45, 7) is 2.55. The van der Waals surface area contributed by atoms with Gasteiger partial charge in [0.15, 0.2) is 11.5 Å². The molecule has 3 aromatic rings. The van der Waals surface area contributed by atoms with E-state index in [-0.39, 0.29) is 17.1 Å². The molecule has 2 fully saturated rings. The number of piperidine rings is 1. The number of likely N-dealkylation sites (tertiary alicyclic amines) is 1. The zero-order chi connectivity index (χ0) is 22.4. The molecule has 32 heavy (non-hydrogen) atoms. The van der Waals surface area contributed by atoms with Gasteiger partial charge in [-0.15, -0.1) is 0 Å². The van der Waals surface area contributed by atoms with Crippen LogP contribution in [-0.4, -0.2) is 54.4 Å². The number of hydrogen-bond acceptors (Lipinski definition) is 5. The highest BCUT2D eigenvalue weighted by atomic mass is 16.5. The number of aryl methyl sites for hydroxylation is 1. The smallest absolute Gasteiger partial charge is 0.274 e. The van der Waals surface area contributed by atoms with Gasteiger partial charge in [0, 0.05) is 34.8 Å². The summed E-state index contributed by atoms with van der Waals surface area (Å²) in [4.78, 5) is 34.5. The molecule has 0 bridgehead atoms. The molecule has 0 unspecified atom stereocenters. The van der Waals surface area contributed by atoms with Crippen molar-refractivity contribution in [3.8, 4) is 17.2 Å². The maximum atomic E-state index is 13.6. The first-order valence-electron chi connectivity index (χ1n) is 10.5. The van der Waals surface area contributed by atoms with E-state index in [0.29, 0.717) is 46.6 Å². The number of ether oxygens (including phenoxy) is 3. The van der Waals surface area contributed by atoms with E-state index < -0.39 is 0 Å². The van der Waals surface area contributed by atoms with Gasteiger partial charge in [0.25, 0.3) is 5.91 Å². The quantitative estimate of drug-likeness (QED) is 0.658. The van der Waals surface area contributed by atoms with Crippen LogP contribution in [0.5, 0.6) is 17.2 Å². The number of carbonyl (C=O) groups excluding carboxylic acids is 2. The maximum absolute atomic E-state index is 13.6. The van der Waals surface area contributed by atoms with E-state index in [0.717, 1.165) is 28.8 Å². The number of nitrogens with one attached hydrogen (secondary N) is 2. The number of hydrogen-bond donors (Lipinski definition) is 2. The van der Waals surface area contributed by atoms with E-state index in [1.807, 2.05) is 13.0 Å². The Bertz CT molecular complexity index is 1360. The lowest BCUT2D eigenvalue weighted by Gasteiger charge is -2.27. The van der Waals surface area contributed by atoms with E-state index in [2.05, 4.69) is 16.0 Å². The van der Waals surface area contributed by atoms with Gasteiger partial charge in [0.2, 0.25) is 11.5 Å². The van der Waals surface area contributed by atoms with Gasteiger partial charge in [-0.3, -0.25) is 9.59 Å². The third kappa shape index (κ3) is 2.21. The van der Waals surface area contributed by atoms with Crippen LogP contribution in [0.4, 0.5) is 0 Å². The van der Waals surface area contributed by atoms with E-state index in [9.17, 15) is 9.59 Å². The number of ketones is 1. The number of rotatable bonds is 4. The van der Waals surface area contributed by atoms with Gasteiger partial charge in [0.05, 0.1) is 32.5 Å². The fourth-order valence-corrected chi connectivity index (χ4v) is 5.63. The van der Waals surface area contributed by atoms with Crippen molar-refractivity contribution in [3.05, 3.63) is 52.6 Å². The second kappa shape index (κ2) is 6.18. The minimum atomic E-state index is -0.222. The molecule has 1 amide bonds. The molecule has 2 atom stereocenters. The number of nitrogens with zero attached hydrogens (tertiary/aromatic N) is 1. The molecular formula is C24H23N3O5. The fourth-order valence-electron chi connectivity index (χ4n) is 5.63. The minimum absolute atomic E-state index is 0.0770. The summed E-state index contributed by atoms with van der Waals surface area (Å²) in [5.41, 5.74) is 4.33. The van der Waals surface area contributed by atoms with Crippen LogP contribution in [0.2, 0.25) is 0 Å². The molecule has 164 valence electrons. The third-order valence-corrected chi connectivity index (χ3v) is 7.10. The predicted molar refractivity (Wildman–Crippen MR) is 117 cm³/mol.